The minimum atomic E-state index is -0.436. The smallest absolute Gasteiger partial charge is 0.250 e. The normalized spacial score (nSPS) is 17.0. The van der Waals surface area contributed by atoms with Crippen LogP contribution in [-0.4, -0.2) is 16.9 Å². The van der Waals surface area contributed by atoms with Crippen molar-refractivity contribution in [3.05, 3.63) is 58.2 Å². The van der Waals surface area contributed by atoms with Crippen LogP contribution >= 0.6 is 11.6 Å². The fourth-order valence-corrected chi connectivity index (χ4v) is 3.90. The molecular formula is C19H18ClN3O. The number of benzene rings is 2. The molecule has 0 radical (unpaired) electrons. The second-order valence-corrected chi connectivity index (χ2v) is 6.75. The van der Waals surface area contributed by atoms with Crippen LogP contribution in [0.5, 0.6) is 0 Å². The Hall–Kier alpha value is -2.30. The van der Waals surface area contributed by atoms with Crippen LogP contribution in [0.15, 0.2) is 36.4 Å². The molecular weight excluding hydrogens is 322 g/mol. The Morgan fingerprint density at radius 2 is 1.96 bits per heavy atom. The van der Waals surface area contributed by atoms with E-state index in [0.717, 1.165) is 47.0 Å². The predicted molar refractivity (Wildman–Crippen MR) is 97.3 cm³/mol. The molecule has 0 aliphatic heterocycles. The molecule has 1 atom stereocenters. The molecule has 0 saturated heterocycles. The topological polar surface area (TPSA) is 84.9 Å². The van der Waals surface area contributed by atoms with Gasteiger partial charge in [0, 0.05) is 27.7 Å². The molecule has 1 aromatic heterocycles. The zero-order chi connectivity index (χ0) is 16.8. The number of rotatable bonds is 2. The minimum Gasteiger partial charge on any atom is -0.366 e. The third kappa shape index (κ3) is 2.30. The highest BCUT2D eigenvalue weighted by atomic mass is 35.5. The van der Waals surface area contributed by atoms with E-state index >= 15 is 0 Å². The molecule has 24 heavy (non-hydrogen) atoms. The summed E-state index contributed by atoms with van der Waals surface area (Å²) in [4.78, 5) is 15.3. The van der Waals surface area contributed by atoms with Crippen LogP contribution < -0.4 is 11.5 Å². The fourth-order valence-electron chi connectivity index (χ4n) is 3.67. The SMILES string of the molecule is NC(=O)c1ccc(-c2ccccc2Cl)c2c3c([nH]c12)CCC(N)C3. The standard InChI is InChI=1S/C19H18ClN3O/c20-15-4-2-1-3-11(15)12-6-7-13(19(22)24)18-17(12)14-9-10(21)5-8-16(14)23-18/h1-4,6-7,10,23H,5,8-9,21H2,(H2,22,24). The van der Waals surface area contributed by atoms with Gasteiger partial charge in [-0.05, 0) is 42.5 Å². The first-order chi connectivity index (χ1) is 11.6. The highest BCUT2D eigenvalue weighted by Gasteiger charge is 2.25. The van der Waals surface area contributed by atoms with E-state index in [1.54, 1.807) is 6.07 Å². The van der Waals surface area contributed by atoms with Gasteiger partial charge in [0.2, 0.25) is 0 Å². The van der Waals surface area contributed by atoms with Gasteiger partial charge in [-0.25, -0.2) is 0 Å². The first kappa shape index (κ1) is 15.2. The zero-order valence-corrected chi connectivity index (χ0v) is 13.9. The number of carbonyl (C=O) groups excluding carboxylic acids is 1. The number of hydrogen-bond donors (Lipinski definition) is 3. The highest BCUT2D eigenvalue weighted by molar-refractivity contribution is 6.33. The number of nitrogens with one attached hydrogen (secondary N) is 1. The van der Waals surface area contributed by atoms with Gasteiger partial charge in [0.05, 0.1) is 11.1 Å². The molecule has 4 nitrogen and oxygen atoms in total. The molecule has 1 heterocycles. The van der Waals surface area contributed by atoms with Crippen molar-refractivity contribution in [3.8, 4) is 11.1 Å². The van der Waals surface area contributed by atoms with Crippen LogP contribution in [0.25, 0.3) is 22.0 Å². The van der Waals surface area contributed by atoms with E-state index in [1.807, 2.05) is 30.3 Å². The van der Waals surface area contributed by atoms with Crippen LogP contribution in [0.1, 0.15) is 28.0 Å². The average molecular weight is 340 g/mol. The lowest BCUT2D eigenvalue weighted by molar-refractivity contribution is 0.100. The van der Waals surface area contributed by atoms with Crippen molar-refractivity contribution in [1.82, 2.24) is 4.98 Å². The predicted octanol–water partition coefficient (Wildman–Crippen LogP) is 3.40. The van der Waals surface area contributed by atoms with Gasteiger partial charge in [-0.15, -0.1) is 0 Å². The number of carbonyl (C=O) groups is 1. The maximum atomic E-state index is 11.9. The van der Waals surface area contributed by atoms with Gasteiger partial charge in [-0.3, -0.25) is 4.79 Å². The summed E-state index contributed by atoms with van der Waals surface area (Å²) in [5.74, 6) is -0.436. The Morgan fingerprint density at radius 3 is 2.71 bits per heavy atom. The molecule has 3 aromatic rings. The number of primary amides is 1. The van der Waals surface area contributed by atoms with E-state index < -0.39 is 5.91 Å². The van der Waals surface area contributed by atoms with Crippen LogP contribution in [0, 0.1) is 0 Å². The Balaban J connectivity index is 2.08. The molecule has 1 aliphatic rings. The summed E-state index contributed by atoms with van der Waals surface area (Å²) >= 11 is 6.41. The van der Waals surface area contributed by atoms with Gasteiger partial charge < -0.3 is 16.5 Å². The second-order valence-electron chi connectivity index (χ2n) is 6.34. The number of aryl methyl sites for hydroxylation is 1. The number of amides is 1. The van der Waals surface area contributed by atoms with Crippen molar-refractivity contribution in [2.75, 3.05) is 0 Å². The molecule has 5 heteroatoms. The third-order valence-electron chi connectivity index (χ3n) is 4.81. The zero-order valence-electron chi connectivity index (χ0n) is 13.1. The molecule has 1 unspecified atom stereocenters. The van der Waals surface area contributed by atoms with Gasteiger partial charge in [0.25, 0.3) is 5.91 Å². The van der Waals surface area contributed by atoms with E-state index in [-0.39, 0.29) is 6.04 Å². The van der Waals surface area contributed by atoms with Crippen molar-refractivity contribution < 1.29 is 4.79 Å². The fraction of sp³-hybridized carbons (Fsp3) is 0.211. The minimum absolute atomic E-state index is 0.132. The molecule has 0 spiro atoms. The van der Waals surface area contributed by atoms with Crippen molar-refractivity contribution in [3.63, 3.8) is 0 Å². The Morgan fingerprint density at radius 1 is 1.17 bits per heavy atom. The highest BCUT2D eigenvalue weighted by Crippen LogP contribution is 2.39. The van der Waals surface area contributed by atoms with E-state index in [4.69, 9.17) is 23.1 Å². The lowest BCUT2D eigenvalue weighted by Gasteiger charge is -2.19. The van der Waals surface area contributed by atoms with Crippen molar-refractivity contribution in [1.29, 1.82) is 0 Å². The summed E-state index contributed by atoms with van der Waals surface area (Å²) in [6, 6.07) is 11.6. The largest absolute Gasteiger partial charge is 0.366 e. The summed E-state index contributed by atoms with van der Waals surface area (Å²) in [6.07, 6.45) is 2.60. The van der Waals surface area contributed by atoms with Crippen LogP contribution in [0.3, 0.4) is 0 Å². The number of aromatic nitrogens is 1. The van der Waals surface area contributed by atoms with Crippen molar-refractivity contribution >= 4 is 28.4 Å². The Bertz CT molecular complexity index is 961. The quantitative estimate of drug-likeness (QED) is 0.668. The summed E-state index contributed by atoms with van der Waals surface area (Å²) in [6.45, 7) is 0. The third-order valence-corrected chi connectivity index (χ3v) is 5.14. The van der Waals surface area contributed by atoms with Crippen molar-refractivity contribution in [2.45, 2.75) is 25.3 Å². The monoisotopic (exact) mass is 339 g/mol. The van der Waals surface area contributed by atoms with Crippen LogP contribution in [0.2, 0.25) is 5.02 Å². The maximum absolute atomic E-state index is 11.9. The molecule has 0 fully saturated rings. The second kappa shape index (κ2) is 5.65. The maximum Gasteiger partial charge on any atom is 0.250 e. The van der Waals surface area contributed by atoms with Crippen LogP contribution in [0.4, 0.5) is 0 Å². The number of nitrogens with two attached hydrogens (primary N) is 2. The molecule has 122 valence electrons. The molecule has 4 rings (SSSR count). The number of halogens is 1. The summed E-state index contributed by atoms with van der Waals surface area (Å²) in [5.41, 5.74) is 17.3. The molecule has 1 amide bonds. The lowest BCUT2D eigenvalue weighted by atomic mass is 9.88. The summed E-state index contributed by atoms with van der Waals surface area (Å²) in [7, 11) is 0. The van der Waals surface area contributed by atoms with Gasteiger partial charge in [0.15, 0.2) is 0 Å². The summed E-state index contributed by atoms with van der Waals surface area (Å²) < 4.78 is 0. The van der Waals surface area contributed by atoms with E-state index in [0.29, 0.717) is 10.6 Å². The number of fused-ring (bicyclic) bond motifs is 3. The van der Waals surface area contributed by atoms with E-state index in [9.17, 15) is 4.79 Å². The first-order valence-corrected chi connectivity index (χ1v) is 8.40. The first-order valence-electron chi connectivity index (χ1n) is 8.03. The molecule has 5 N–H and O–H groups in total. The Kier molecular flexibility index (Phi) is 3.59. The summed E-state index contributed by atoms with van der Waals surface area (Å²) in [5, 5.41) is 1.70. The number of hydrogen-bond acceptors (Lipinski definition) is 2. The van der Waals surface area contributed by atoms with E-state index in [1.165, 1.54) is 5.56 Å². The molecule has 1 aliphatic carbocycles. The van der Waals surface area contributed by atoms with Crippen LogP contribution in [-0.2, 0) is 12.8 Å². The average Bonchev–Trinajstić information content (AvgIpc) is 2.93. The van der Waals surface area contributed by atoms with Gasteiger partial charge in [-0.1, -0.05) is 35.9 Å². The molecule has 2 aromatic carbocycles. The number of H-pyrrole nitrogens is 1. The Labute approximate surface area is 144 Å². The van der Waals surface area contributed by atoms with E-state index in [2.05, 4.69) is 4.98 Å². The lowest BCUT2D eigenvalue weighted by Crippen LogP contribution is -2.27. The van der Waals surface area contributed by atoms with Gasteiger partial charge in [-0.2, -0.15) is 0 Å². The van der Waals surface area contributed by atoms with Gasteiger partial charge in [0.1, 0.15) is 0 Å². The molecule has 0 saturated carbocycles. The molecule has 0 bridgehead atoms. The number of aromatic amines is 1. The van der Waals surface area contributed by atoms with Crippen molar-refractivity contribution in [2.24, 2.45) is 11.5 Å². The van der Waals surface area contributed by atoms with Gasteiger partial charge >= 0.3 is 0 Å².